The fraction of sp³-hybridized carbons (Fsp3) is 0.125. The maximum absolute atomic E-state index is 12.5. The molecule has 2 N–H and O–H groups in total. The molecule has 9 heteroatoms. The van der Waals surface area contributed by atoms with Crippen molar-refractivity contribution in [1.29, 1.82) is 0 Å². The molecule has 0 aromatic heterocycles. The van der Waals surface area contributed by atoms with E-state index in [4.69, 9.17) is 25.8 Å². The topological polar surface area (TPSA) is 103 Å². The van der Waals surface area contributed by atoms with Crippen molar-refractivity contribution < 1.29 is 28.6 Å². The Bertz CT molecular complexity index is 1180. The number of hydrogen-bond donors (Lipinski definition) is 2. The van der Waals surface area contributed by atoms with Gasteiger partial charge in [0.15, 0.2) is 23.9 Å². The molecule has 4 rings (SSSR count). The Morgan fingerprint density at radius 3 is 2.09 bits per heavy atom. The van der Waals surface area contributed by atoms with Gasteiger partial charge in [-0.3, -0.25) is 25.2 Å². The third-order valence-corrected chi connectivity index (χ3v) is 4.96. The summed E-state index contributed by atoms with van der Waals surface area (Å²) < 4.78 is 16.3. The van der Waals surface area contributed by atoms with Crippen molar-refractivity contribution in [2.75, 3.05) is 19.8 Å². The quantitative estimate of drug-likeness (QED) is 0.427. The number of rotatable bonds is 6. The zero-order valence-corrected chi connectivity index (χ0v) is 18.1. The molecule has 0 aliphatic carbocycles. The van der Waals surface area contributed by atoms with Crippen molar-refractivity contribution in [2.45, 2.75) is 0 Å². The van der Waals surface area contributed by atoms with Crippen molar-refractivity contribution >= 4 is 29.2 Å². The van der Waals surface area contributed by atoms with E-state index in [2.05, 4.69) is 10.9 Å². The molecule has 0 saturated carbocycles. The Hall–Kier alpha value is -4.04. The average Bonchev–Trinajstić information content (AvgIpc) is 2.86. The Morgan fingerprint density at radius 2 is 1.39 bits per heavy atom. The van der Waals surface area contributed by atoms with E-state index < -0.39 is 11.8 Å². The molecule has 168 valence electrons. The van der Waals surface area contributed by atoms with Gasteiger partial charge < -0.3 is 14.2 Å². The molecule has 0 radical (unpaired) electrons. The molecule has 8 nitrogen and oxygen atoms in total. The number of ketones is 1. The van der Waals surface area contributed by atoms with Crippen LogP contribution in [0.4, 0.5) is 0 Å². The Labute approximate surface area is 194 Å². The van der Waals surface area contributed by atoms with Crippen LogP contribution in [0, 0.1) is 0 Å². The fourth-order valence-corrected chi connectivity index (χ4v) is 3.16. The lowest BCUT2D eigenvalue weighted by molar-refractivity contribution is -0.123. The number of carbonyl (C=O) groups is 3. The molecular weight excluding hydrogens is 448 g/mol. The normalized spacial score (nSPS) is 11.9. The van der Waals surface area contributed by atoms with Crippen LogP contribution in [0.3, 0.4) is 0 Å². The van der Waals surface area contributed by atoms with E-state index in [1.807, 2.05) is 0 Å². The number of ether oxygens (including phenoxy) is 3. The highest BCUT2D eigenvalue weighted by Crippen LogP contribution is 2.30. The molecule has 0 atom stereocenters. The molecule has 0 unspecified atom stereocenters. The summed E-state index contributed by atoms with van der Waals surface area (Å²) in [6, 6.07) is 17.7. The van der Waals surface area contributed by atoms with Crippen molar-refractivity contribution in [2.24, 2.45) is 0 Å². The molecule has 0 saturated heterocycles. The highest BCUT2D eigenvalue weighted by atomic mass is 35.5. The zero-order valence-electron chi connectivity index (χ0n) is 17.3. The van der Waals surface area contributed by atoms with Gasteiger partial charge in [0.05, 0.1) is 0 Å². The lowest BCUT2D eigenvalue weighted by atomic mass is 10.0. The van der Waals surface area contributed by atoms with Crippen LogP contribution >= 0.6 is 11.6 Å². The van der Waals surface area contributed by atoms with Gasteiger partial charge in [-0.15, -0.1) is 0 Å². The van der Waals surface area contributed by atoms with Gasteiger partial charge in [-0.2, -0.15) is 0 Å². The number of nitrogens with one attached hydrogen (secondary N) is 2. The second kappa shape index (κ2) is 10.1. The van der Waals surface area contributed by atoms with Crippen LogP contribution in [0.5, 0.6) is 17.2 Å². The molecule has 3 aromatic rings. The van der Waals surface area contributed by atoms with E-state index in [-0.39, 0.29) is 12.4 Å². The Morgan fingerprint density at radius 1 is 0.788 bits per heavy atom. The summed E-state index contributed by atoms with van der Waals surface area (Å²) in [5.74, 6) is 0.221. The highest BCUT2D eigenvalue weighted by molar-refractivity contribution is 6.30. The number of amides is 2. The summed E-state index contributed by atoms with van der Waals surface area (Å²) in [5, 5.41) is 0.552. The maximum Gasteiger partial charge on any atom is 0.276 e. The van der Waals surface area contributed by atoms with Crippen molar-refractivity contribution in [1.82, 2.24) is 10.9 Å². The second-order valence-electron chi connectivity index (χ2n) is 7.01. The summed E-state index contributed by atoms with van der Waals surface area (Å²) in [6.45, 7) is 0.532. The van der Waals surface area contributed by atoms with Crippen molar-refractivity contribution in [3.63, 3.8) is 0 Å². The minimum atomic E-state index is -0.554. The molecule has 2 amide bonds. The third-order valence-electron chi connectivity index (χ3n) is 4.71. The standard InChI is InChI=1S/C24H19ClN2O6/c25-18-6-1-15(2-7-18)23(29)16-3-8-19(9-4-16)33-14-22(28)26-27-24(30)17-5-10-20-21(13-17)32-12-11-31-20/h1-10,13H,11-12,14H2,(H,26,28)(H,27,30). The van der Waals surface area contributed by atoms with Crippen molar-refractivity contribution in [3.8, 4) is 17.2 Å². The van der Waals surface area contributed by atoms with Gasteiger partial charge in [0.1, 0.15) is 19.0 Å². The zero-order chi connectivity index (χ0) is 23.2. The minimum absolute atomic E-state index is 0.155. The van der Waals surface area contributed by atoms with Crippen LogP contribution in [0.2, 0.25) is 5.02 Å². The van der Waals surface area contributed by atoms with Crippen LogP contribution in [0.1, 0.15) is 26.3 Å². The van der Waals surface area contributed by atoms with Crippen LogP contribution < -0.4 is 25.1 Å². The number of fused-ring (bicyclic) bond motifs is 1. The molecule has 3 aromatic carbocycles. The summed E-state index contributed by atoms with van der Waals surface area (Å²) in [4.78, 5) is 36.7. The van der Waals surface area contributed by atoms with Crippen LogP contribution in [0.15, 0.2) is 66.7 Å². The summed E-state index contributed by atoms with van der Waals surface area (Å²) in [5.41, 5.74) is 5.90. The van der Waals surface area contributed by atoms with Crippen LogP contribution in [-0.4, -0.2) is 37.4 Å². The molecular formula is C24H19ClN2O6. The van der Waals surface area contributed by atoms with E-state index >= 15 is 0 Å². The largest absolute Gasteiger partial charge is 0.486 e. The molecule has 0 spiro atoms. The van der Waals surface area contributed by atoms with Gasteiger partial charge in [-0.25, -0.2) is 0 Å². The second-order valence-corrected chi connectivity index (χ2v) is 7.45. The summed E-state index contributed by atoms with van der Waals surface area (Å²) in [6.07, 6.45) is 0. The monoisotopic (exact) mass is 466 g/mol. The number of hydrazine groups is 1. The first-order valence-corrected chi connectivity index (χ1v) is 10.4. The molecule has 33 heavy (non-hydrogen) atoms. The average molecular weight is 467 g/mol. The van der Waals surface area contributed by atoms with Gasteiger partial charge in [-0.05, 0) is 66.7 Å². The lowest BCUT2D eigenvalue weighted by Crippen LogP contribution is -2.43. The van der Waals surface area contributed by atoms with Gasteiger partial charge in [-0.1, -0.05) is 11.6 Å². The highest BCUT2D eigenvalue weighted by Gasteiger charge is 2.15. The van der Waals surface area contributed by atoms with E-state index in [1.165, 1.54) is 0 Å². The van der Waals surface area contributed by atoms with Crippen LogP contribution in [-0.2, 0) is 4.79 Å². The number of benzene rings is 3. The number of carbonyl (C=O) groups excluding carboxylic acids is 3. The third kappa shape index (κ3) is 5.61. The number of halogens is 1. The lowest BCUT2D eigenvalue weighted by Gasteiger charge is -2.18. The van der Waals surface area contributed by atoms with Crippen molar-refractivity contribution in [3.05, 3.63) is 88.4 Å². The molecule has 1 aliphatic rings. The van der Waals surface area contributed by atoms with E-state index in [0.29, 0.717) is 52.2 Å². The van der Waals surface area contributed by atoms with E-state index in [0.717, 1.165) is 0 Å². The van der Waals surface area contributed by atoms with Gasteiger partial charge in [0.2, 0.25) is 0 Å². The smallest absolute Gasteiger partial charge is 0.276 e. The molecule has 1 aliphatic heterocycles. The molecule has 0 fully saturated rings. The molecule has 1 heterocycles. The van der Waals surface area contributed by atoms with Crippen LogP contribution in [0.25, 0.3) is 0 Å². The summed E-state index contributed by atoms with van der Waals surface area (Å²) >= 11 is 5.85. The SMILES string of the molecule is O=C(COc1ccc(C(=O)c2ccc(Cl)cc2)cc1)NNC(=O)c1ccc2c(c1)OCCO2. The first kappa shape index (κ1) is 22.2. The first-order chi connectivity index (χ1) is 16.0. The Kier molecular flexibility index (Phi) is 6.75. The minimum Gasteiger partial charge on any atom is -0.486 e. The van der Waals surface area contributed by atoms with Gasteiger partial charge >= 0.3 is 0 Å². The first-order valence-electron chi connectivity index (χ1n) is 10.0. The maximum atomic E-state index is 12.5. The predicted molar refractivity (Wildman–Crippen MR) is 120 cm³/mol. The van der Waals surface area contributed by atoms with Gasteiger partial charge in [0, 0.05) is 21.7 Å². The fourth-order valence-electron chi connectivity index (χ4n) is 3.04. The van der Waals surface area contributed by atoms with Gasteiger partial charge in [0.25, 0.3) is 11.8 Å². The number of hydrogen-bond acceptors (Lipinski definition) is 6. The predicted octanol–water partition coefficient (Wildman–Crippen LogP) is 3.18. The van der Waals surface area contributed by atoms with E-state index in [9.17, 15) is 14.4 Å². The Balaban J connectivity index is 1.25. The van der Waals surface area contributed by atoms with E-state index in [1.54, 1.807) is 66.7 Å². The molecule has 0 bridgehead atoms. The summed E-state index contributed by atoms with van der Waals surface area (Å²) in [7, 11) is 0.